The van der Waals surface area contributed by atoms with E-state index in [-0.39, 0.29) is 5.91 Å². The molecule has 0 bridgehead atoms. The second-order valence-corrected chi connectivity index (χ2v) is 8.30. The molecule has 0 spiro atoms. The molecule has 1 aliphatic heterocycles. The summed E-state index contributed by atoms with van der Waals surface area (Å²) in [6.07, 6.45) is 1.70. The number of hydrogen-bond donors (Lipinski definition) is 1. The number of furan rings is 1. The maximum atomic E-state index is 12.9. The number of aromatic nitrogens is 1. The summed E-state index contributed by atoms with van der Waals surface area (Å²) < 4.78 is 7.46. The number of nitriles is 1. The van der Waals surface area contributed by atoms with Crippen LogP contribution in [0.1, 0.15) is 28.1 Å². The van der Waals surface area contributed by atoms with Crippen LogP contribution in [0.5, 0.6) is 0 Å². The molecule has 0 atom stereocenters. The first-order valence-electron chi connectivity index (χ1n) is 11.0. The summed E-state index contributed by atoms with van der Waals surface area (Å²) in [6.45, 7) is 9.06. The number of benzene rings is 1. The molecule has 3 heterocycles. The molecule has 1 N–H and O–H groups in total. The predicted molar refractivity (Wildman–Crippen MR) is 123 cm³/mol. The van der Waals surface area contributed by atoms with Gasteiger partial charge in [-0.2, -0.15) is 5.26 Å². The molecular weight excluding hydrogens is 402 g/mol. The molecule has 7 heteroatoms. The van der Waals surface area contributed by atoms with Crippen LogP contribution in [0.15, 0.2) is 53.1 Å². The molecule has 1 fully saturated rings. The van der Waals surface area contributed by atoms with Crippen molar-refractivity contribution in [3.63, 3.8) is 0 Å². The monoisotopic (exact) mass is 431 g/mol. The fourth-order valence-electron chi connectivity index (χ4n) is 4.20. The molecule has 4 rings (SSSR count). The summed E-state index contributed by atoms with van der Waals surface area (Å²) >= 11 is 0. The van der Waals surface area contributed by atoms with Gasteiger partial charge in [-0.15, -0.1) is 0 Å². The van der Waals surface area contributed by atoms with Crippen LogP contribution in [0, 0.1) is 25.2 Å². The van der Waals surface area contributed by atoms with E-state index in [2.05, 4.69) is 33.3 Å². The third-order valence-electron chi connectivity index (χ3n) is 6.17. The molecule has 3 aromatic rings. The predicted octanol–water partition coefficient (Wildman–Crippen LogP) is 3.37. The molecule has 1 saturated heterocycles. The molecular formula is C25H29N5O2. The Morgan fingerprint density at radius 1 is 1.03 bits per heavy atom. The molecule has 32 heavy (non-hydrogen) atoms. The van der Waals surface area contributed by atoms with Gasteiger partial charge in [-0.3, -0.25) is 14.6 Å². The van der Waals surface area contributed by atoms with Gasteiger partial charge in [-0.05, 0) is 37.1 Å². The van der Waals surface area contributed by atoms with Crippen LogP contribution >= 0.6 is 0 Å². The number of piperazine rings is 1. The lowest BCUT2D eigenvalue weighted by Gasteiger charge is -2.33. The molecule has 0 radical (unpaired) electrons. The standard InChI is InChI=1S/C25H29N5O2/c1-19-20(2)30(16-21-7-4-3-5-8-21)25(23(19)15-26)27-24(31)18-29-12-10-28(11-13-29)17-22-9-6-14-32-22/h3-9,14H,10-13,16-18H2,1-2H3,(H,27,31). The van der Waals surface area contributed by atoms with Crippen LogP contribution in [0.2, 0.25) is 0 Å². The quantitative estimate of drug-likeness (QED) is 0.621. The largest absolute Gasteiger partial charge is 0.468 e. The van der Waals surface area contributed by atoms with E-state index in [1.54, 1.807) is 6.26 Å². The van der Waals surface area contributed by atoms with Gasteiger partial charge < -0.3 is 14.3 Å². The first kappa shape index (κ1) is 21.9. The topological polar surface area (TPSA) is 77.4 Å². The molecule has 1 aliphatic rings. The summed E-state index contributed by atoms with van der Waals surface area (Å²) in [4.78, 5) is 17.4. The molecule has 1 aromatic carbocycles. The number of nitrogens with one attached hydrogen (secondary N) is 1. The van der Waals surface area contributed by atoms with Crippen molar-refractivity contribution in [3.8, 4) is 6.07 Å². The van der Waals surface area contributed by atoms with Crippen LogP contribution in [-0.4, -0.2) is 53.0 Å². The molecule has 1 amide bonds. The van der Waals surface area contributed by atoms with Gasteiger partial charge in [0.25, 0.3) is 0 Å². The van der Waals surface area contributed by atoms with Gasteiger partial charge in [0.15, 0.2) is 0 Å². The van der Waals surface area contributed by atoms with E-state index in [0.717, 1.165) is 55.3 Å². The van der Waals surface area contributed by atoms with Crippen molar-refractivity contribution in [2.24, 2.45) is 0 Å². The van der Waals surface area contributed by atoms with Crippen LogP contribution in [0.3, 0.4) is 0 Å². The van der Waals surface area contributed by atoms with Gasteiger partial charge >= 0.3 is 0 Å². The van der Waals surface area contributed by atoms with Crippen molar-refractivity contribution in [3.05, 3.63) is 76.9 Å². The summed E-state index contributed by atoms with van der Waals surface area (Å²) in [6, 6.07) is 16.2. The Kier molecular flexibility index (Phi) is 6.74. The van der Waals surface area contributed by atoms with Crippen LogP contribution in [0.4, 0.5) is 5.82 Å². The number of nitrogens with zero attached hydrogens (tertiary/aromatic N) is 4. The SMILES string of the molecule is Cc1c(C#N)c(NC(=O)CN2CCN(Cc3ccco3)CC2)n(Cc2ccccc2)c1C. The van der Waals surface area contributed by atoms with E-state index in [1.807, 2.05) is 48.7 Å². The Morgan fingerprint density at radius 3 is 2.41 bits per heavy atom. The van der Waals surface area contributed by atoms with Crippen molar-refractivity contribution in [2.75, 3.05) is 38.0 Å². The maximum Gasteiger partial charge on any atom is 0.239 e. The zero-order chi connectivity index (χ0) is 22.5. The Morgan fingerprint density at radius 2 is 1.75 bits per heavy atom. The van der Waals surface area contributed by atoms with Gasteiger partial charge in [0.05, 0.1) is 24.9 Å². The Bertz CT molecular complexity index is 1090. The van der Waals surface area contributed by atoms with Crippen molar-refractivity contribution in [1.29, 1.82) is 5.26 Å². The first-order chi connectivity index (χ1) is 15.5. The lowest BCUT2D eigenvalue weighted by atomic mass is 10.2. The molecule has 0 saturated carbocycles. The van der Waals surface area contributed by atoms with E-state index in [9.17, 15) is 10.1 Å². The second-order valence-electron chi connectivity index (χ2n) is 8.30. The minimum Gasteiger partial charge on any atom is -0.468 e. The Balaban J connectivity index is 1.40. The number of anilines is 1. The number of hydrogen-bond acceptors (Lipinski definition) is 5. The molecule has 0 aliphatic carbocycles. The average molecular weight is 432 g/mol. The van der Waals surface area contributed by atoms with Crippen molar-refractivity contribution >= 4 is 11.7 Å². The van der Waals surface area contributed by atoms with E-state index < -0.39 is 0 Å². The second kappa shape index (κ2) is 9.86. The fourth-order valence-corrected chi connectivity index (χ4v) is 4.20. The summed E-state index contributed by atoms with van der Waals surface area (Å²) in [7, 11) is 0. The molecule has 166 valence electrons. The van der Waals surface area contributed by atoms with Crippen molar-refractivity contribution < 1.29 is 9.21 Å². The van der Waals surface area contributed by atoms with Gasteiger partial charge in [0.2, 0.25) is 5.91 Å². The average Bonchev–Trinajstić information content (AvgIpc) is 3.38. The summed E-state index contributed by atoms with van der Waals surface area (Å²) in [5.74, 6) is 1.46. The lowest BCUT2D eigenvalue weighted by Crippen LogP contribution is -2.48. The van der Waals surface area contributed by atoms with E-state index >= 15 is 0 Å². The minimum absolute atomic E-state index is 0.0900. The molecule has 7 nitrogen and oxygen atoms in total. The van der Waals surface area contributed by atoms with Gasteiger partial charge in [-0.25, -0.2) is 0 Å². The number of rotatable bonds is 7. The normalized spacial score (nSPS) is 14.9. The summed E-state index contributed by atoms with van der Waals surface area (Å²) in [5.41, 5.74) is 3.56. The maximum absolute atomic E-state index is 12.9. The fraction of sp³-hybridized carbons (Fsp3) is 0.360. The van der Waals surface area contributed by atoms with Gasteiger partial charge in [0, 0.05) is 38.4 Å². The highest BCUT2D eigenvalue weighted by molar-refractivity contribution is 5.93. The van der Waals surface area contributed by atoms with E-state index in [1.165, 1.54) is 0 Å². The Labute approximate surface area is 188 Å². The highest BCUT2D eigenvalue weighted by Gasteiger charge is 2.23. The third kappa shape index (κ3) is 4.93. The smallest absolute Gasteiger partial charge is 0.239 e. The highest BCUT2D eigenvalue weighted by Crippen LogP contribution is 2.27. The number of carbonyl (C=O) groups is 1. The third-order valence-corrected chi connectivity index (χ3v) is 6.17. The zero-order valence-electron chi connectivity index (χ0n) is 18.7. The van der Waals surface area contributed by atoms with Gasteiger partial charge in [0.1, 0.15) is 17.6 Å². The van der Waals surface area contributed by atoms with E-state index in [0.29, 0.717) is 24.5 Å². The lowest BCUT2D eigenvalue weighted by molar-refractivity contribution is -0.117. The van der Waals surface area contributed by atoms with Crippen LogP contribution in [-0.2, 0) is 17.9 Å². The first-order valence-corrected chi connectivity index (χ1v) is 11.0. The molecule has 2 aromatic heterocycles. The van der Waals surface area contributed by atoms with Crippen LogP contribution < -0.4 is 5.32 Å². The number of carbonyl (C=O) groups excluding carboxylic acids is 1. The zero-order valence-corrected chi connectivity index (χ0v) is 18.7. The van der Waals surface area contributed by atoms with Crippen LogP contribution in [0.25, 0.3) is 0 Å². The van der Waals surface area contributed by atoms with Crippen molar-refractivity contribution in [2.45, 2.75) is 26.9 Å². The highest BCUT2D eigenvalue weighted by atomic mass is 16.3. The van der Waals surface area contributed by atoms with Crippen molar-refractivity contribution in [1.82, 2.24) is 14.4 Å². The van der Waals surface area contributed by atoms with Gasteiger partial charge in [-0.1, -0.05) is 30.3 Å². The minimum atomic E-state index is -0.0900. The number of amides is 1. The Hall–Kier alpha value is -3.34. The summed E-state index contributed by atoms with van der Waals surface area (Å²) in [5, 5.41) is 12.8. The van der Waals surface area contributed by atoms with E-state index in [4.69, 9.17) is 4.42 Å². The molecule has 0 unspecified atom stereocenters.